The predicted octanol–water partition coefficient (Wildman–Crippen LogP) is 4.60. The molecule has 0 aliphatic rings. The van der Waals surface area contributed by atoms with E-state index in [1.54, 1.807) is 24.3 Å². The topological polar surface area (TPSA) is 106 Å². The van der Waals surface area contributed by atoms with E-state index in [4.69, 9.17) is 9.72 Å². The van der Waals surface area contributed by atoms with Crippen LogP contribution in [-0.2, 0) is 16.6 Å². The van der Waals surface area contributed by atoms with Gasteiger partial charge < -0.3 is 10.1 Å². The summed E-state index contributed by atoms with van der Waals surface area (Å²) >= 11 is 0. The molecule has 0 fully saturated rings. The van der Waals surface area contributed by atoms with Gasteiger partial charge in [-0.25, -0.2) is 13.4 Å². The van der Waals surface area contributed by atoms with E-state index in [9.17, 15) is 8.42 Å². The molecule has 3 aromatic carbocycles. The minimum Gasteiger partial charge on any atom is -0.480 e. The number of hydrogen-bond donors (Lipinski definition) is 2. The molecule has 5 rings (SSSR count). The lowest BCUT2D eigenvalue weighted by Gasteiger charge is -2.13. The summed E-state index contributed by atoms with van der Waals surface area (Å²) in [6.07, 6.45) is 0. The summed E-state index contributed by atoms with van der Waals surface area (Å²) < 4.78 is 32.8. The van der Waals surface area contributed by atoms with Crippen molar-refractivity contribution < 1.29 is 13.2 Å². The fourth-order valence-electron chi connectivity index (χ4n) is 3.74. The molecule has 5 aromatic rings. The van der Waals surface area contributed by atoms with Gasteiger partial charge in [-0.15, -0.1) is 10.2 Å². The summed E-state index contributed by atoms with van der Waals surface area (Å²) in [6.45, 7) is 0.565. The lowest BCUT2D eigenvalue weighted by Crippen LogP contribution is -2.14. The van der Waals surface area contributed by atoms with Gasteiger partial charge in [0.25, 0.3) is 10.0 Å². The first-order chi connectivity index (χ1) is 16.5. The van der Waals surface area contributed by atoms with Crippen molar-refractivity contribution in [1.29, 1.82) is 0 Å². The van der Waals surface area contributed by atoms with Crippen LogP contribution in [0.3, 0.4) is 0 Å². The van der Waals surface area contributed by atoms with Gasteiger partial charge in [0.15, 0.2) is 5.82 Å². The summed E-state index contributed by atoms with van der Waals surface area (Å²) in [5.74, 6) is 0.410. The molecular formula is C25H21N5O3S. The molecule has 0 amide bonds. The number of rotatable bonds is 7. The van der Waals surface area contributed by atoms with Crippen molar-refractivity contribution in [2.45, 2.75) is 11.4 Å². The van der Waals surface area contributed by atoms with Crippen molar-refractivity contribution in [3.8, 4) is 5.88 Å². The molecule has 0 unspecified atom stereocenters. The minimum atomic E-state index is -3.80. The van der Waals surface area contributed by atoms with Crippen LogP contribution in [0.5, 0.6) is 5.88 Å². The maximum Gasteiger partial charge on any atom is 0.263 e. The highest BCUT2D eigenvalue weighted by Gasteiger charge is 2.15. The number of fused-ring (bicyclic) bond motifs is 2. The zero-order valence-electron chi connectivity index (χ0n) is 18.3. The van der Waals surface area contributed by atoms with E-state index in [-0.39, 0.29) is 10.7 Å². The standard InChI is InChI=1S/C25H21N5O3S/c1-33-25-15-14-24(28-29-25)30-34(31,32)18-12-10-17(11-13-18)26-16-21-19-6-2-4-8-22(19)27-23-9-5-3-7-20(21)23/h2-15,26H,16H2,1H3,(H,28,30). The SMILES string of the molecule is COc1ccc(NS(=O)(=O)c2ccc(NCc3c4ccccc4nc4ccccc34)cc2)nn1. The zero-order chi connectivity index (χ0) is 23.5. The van der Waals surface area contributed by atoms with Gasteiger partial charge in [0.05, 0.1) is 23.0 Å². The molecule has 0 aliphatic carbocycles. The monoisotopic (exact) mass is 471 g/mol. The fourth-order valence-corrected chi connectivity index (χ4v) is 4.74. The number of ether oxygens (including phenoxy) is 1. The van der Waals surface area contributed by atoms with Gasteiger partial charge in [0.2, 0.25) is 5.88 Å². The molecular weight excluding hydrogens is 450 g/mol. The predicted molar refractivity (Wildman–Crippen MR) is 132 cm³/mol. The molecule has 8 nitrogen and oxygen atoms in total. The van der Waals surface area contributed by atoms with Crippen LogP contribution >= 0.6 is 0 Å². The Bertz CT molecular complexity index is 1520. The number of nitrogens with zero attached hydrogens (tertiary/aromatic N) is 3. The second-order valence-corrected chi connectivity index (χ2v) is 9.25. The van der Waals surface area contributed by atoms with Crippen LogP contribution in [0.1, 0.15) is 5.56 Å². The van der Waals surface area contributed by atoms with E-state index in [2.05, 4.69) is 32.4 Å². The maximum atomic E-state index is 12.7. The quantitative estimate of drug-likeness (QED) is 0.334. The highest BCUT2D eigenvalue weighted by atomic mass is 32.2. The Labute approximate surface area is 196 Å². The molecule has 0 spiro atoms. The van der Waals surface area contributed by atoms with Crippen LogP contribution in [0.25, 0.3) is 21.8 Å². The van der Waals surface area contributed by atoms with Gasteiger partial charge in [-0.1, -0.05) is 36.4 Å². The highest BCUT2D eigenvalue weighted by molar-refractivity contribution is 7.92. The van der Waals surface area contributed by atoms with Gasteiger partial charge >= 0.3 is 0 Å². The summed E-state index contributed by atoms with van der Waals surface area (Å²) in [5, 5.41) is 13.1. The third-order valence-electron chi connectivity index (χ3n) is 5.42. The minimum absolute atomic E-state index is 0.111. The fraction of sp³-hybridized carbons (Fsp3) is 0.0800. The molecule has 34 heavy (non-hydrogen) atoms. The number of para-hydroxylation sites is 2. The van der Waals surface area contributed by atoms with E-state index in [0.717, 1.165) is 33.1 Å². The number of pyridine rings is 1. The van der Waals surface area contributed by atoms with Gasteiger partial charge in [-0.2, -0.15) is 0 Å². The highest BCUT2D eigenvalue weighted by Crippen LogP contribution is 2.27. The molecule has 170 valence electrons. The molecule has 0 aliphatic heterocycles. The smallest absolute Gasteiger partial charge is 0.263 e. The Morgan fingerprint density at radius 2 is 1.44 bits per heavy atom. The number of anilines is 2. The van der Waals surface area contributed by atoms with Gasteiger partial charge in [-0.3, -0.25) is 4.72 Å². The van der Waals surface area contributed by atoms with E-state index < -0.39 is 10.0 Å². The van der Waals surface area contributed by atoms with E-state index in [0.29, 0.717) is 12.4 Å². The zero-order valence-corrected chi connectivity index (χ0v) is 19.1. The number of hydrogen-bond acceptors (Lipinski definition) is 7. The van der Waals surface area contributed by atoms with E-state index in [1.165, 1.54) is 19.2 Å². The molecule has 0 saturated carbocycles. The number of benzene rings is 3. The number of aromatic nitrogens is 3. The number of sulfonamides is 1. The second kappa shape index (κ2) is 8.95. The van der Waals surface area contributed by atoms with Crippen molar-refractivity contribution in [3.63, 3.8) is 0 Å². The Hall–Kier alpha value is -4.24. The average Bonchev–Trinajstić information content (AvgIpc) is 2.87. The van der Waals surface area contributed by atoms with Crippen LogP contribution in [0.15, 0.2) is 89.8 Å². The van der Waals surface area contributed by atoms with Crippen molar-refractivity contribution in [1.82, 2.24) is 15.2 Å². The molecule has 0 bridgehead atoms. The second-order valence-electron chi connectivity index (χ2n) is 7.57. The largest absolute Gasteiger partial charge is 0.480 e. The number of nitrogens with one attached hydrogen (secondary N) is 2. The normalized spacial score (nSPS) is 11.4. The summed E-state index contributed by atoms with van der Waals surface area (Å²) in [6, 6.07) is 25.7. The van der Waals surface area contributed by atoms with E-state index in [1.807, 2.05) is 36.4 Å². The van der Waals surface area contributed by atoms with Crippen molar-refractivity contribution in [2.24, 2.45) is 0 Å². The molecule has 0 radical (unpaired) electrons. The maximum absolute atomic E-state index is 12.7. The Morgan fingerprint density at radius 3 is 2.03 bits per heavy atom. The molecule has 2 aromatic heterocycles. The van der Waals surface area contributed by atoms with Crippen LogP contribution in [0.4, 0.5) is 11.5 Å². The van der Waals surface area contributed by atoms with Gasteiger partial charge in [-0.05, 0) is 48.0 Å². The van der Waals surface area contributed by atoms with Crippen LogP contribution in [0, 0.1) is 0 Å². The van der Waals surface area contributed by atoms with E-state index >= 15 is 0 Å². The molecule has 2 heterocycles. The van der Waals surface area contributed by atoms with Gasteiger partial charge in [0.1, 0.15) is 0 Å². The molecule has 2 N–H and O–H groups in total. The molecule has 0 saturated heterocycles. The molecule has 9 heteroatoms. The summed E-state index contributed by atoms with van der Waals surface area (Å²) in [5.41, 5.74) is 3.81. The van der Waals surface area contributed by atoms with Crippen molar-refractivity contribution >= 4 is 43.3 Å². The average molecular weight is 472 g/mol. The van der Waals surface area contributed by atoms with Gasteiger partial charge in [0, 0.05) is 29.1 Å². The van der Waals surface area contributed by atoms with Crippen LogP contribution in [-0.4, -0.2) is 30.7 Å². The third-order valence-corrected chi connectivity index (χ3v) is 6.79. The Kier molecular flexibility index (Phi) is 5.69. The Balaban J connectivity index is 1.36. The van der Waals surface area contributed by atoms with Crippen molar-refractivity contribution in [2.75, 3.05) is 17.1 Å². The number of methoxy groups -OCH3 is 1. The van der Waals surface area contributed by atoms with Crippen LogP contribution < -0.4 is 14.8 Å². The summed E-state index contributed by atoms with van der Waals surface area (Å²) in [4.78, 5) is 4.88. The lowest BCUT2D eigenvalue weighted by molar-refractivity contribution is 0.392. The first kappa shape index (κ1) is 21.6. The lowest BCUT2D eigenvalue weighted by atomic mass is 10.0. The Morgan fingerprint density at radius 1 is 0.794 bits per heavy atom. The first-order valence-electron chi connectivity index (χ1n) is 10.5. The first-order valence-corrected chi connectivity index (χ1v) is 12.0. The third kappa shape index (κ3) is 4.33. The van der Waals surface area contributed by atoms with Crippen molar-refractivity contribution in [3.05, 3.63) is 90.5 Å². The summed E-state index contributed by atoms with van der Waals surface area (Å²) in [7, 11) is -2.34. The molecule has 0 atom stereocenters. The van der Waals surface area contributed by atoms with Crippen LogP contribution in [0.2, 0.25) is 0 Å².